The third-order valence-electron chi connectivity index (χ3n) is 3.05. The van der Waals surface area contributed by atoms with E-state index in [1.54, 1.807) is 18.3 Å². The third-order valence-corrected chi connectivity index (χ3v) is 3.05. The van der Waals surface area contributed by atoms with Gasteiger partial charge in [-0.3, -0.25) is 15.6 Å². The molecule has 1 fully saturated rings. The highest BCUT2D eigenvalue weighted by molar-refractivity contribution is 5.93. The number of amides is 1. The van der Waals surface area contributed by atoms with Crippen LogP contribution in [0.3, 0.4) is 0 Å². The van der Waals surface area contributed by atoms with Crippen molar-refractivity contribution in [3.63, 3.8) is 0 Å². The Kier molecular flexibility index (Phi) is 4.49. The van der Waals surface area contributed by atoms with E-state index in [0.717, 1.165) is 26.1 Å². The predicted molar refractivity (Wildman–Crippen MR) is 67.9 cm³/mol. The average molecular weight is 250 g/mol. The summed E-state index contributed by atoms with van der Waals surface area (Å²) >= 11 is 0. The number of nitrogen functional groups attached to an aromatic ring is 1. The number of aromatic nitrogens is 1. The fourth-order valence-corrected chi connectivity index (χ4v) is 1.92. The van der Waals surface area contributed by atoms with Crippen molar-refractivity contribution in [1.29, 1.82) is 0 Å². The second-order valence-corrected chi connectivity index (χ2v) is 4.34. The Bertz CT molecular complexity index is 405. The molecule has 0 unspecified atom stereocenters. The number of rotatable bonds is 4. The SMILES string of the molecule is NNc1ccnc(C(=O)NCC2CCOCC2)c1. The lowest BCUT2D eigenvalue weighted by Gasteiger charge is -2.22. The van der Waals surface area contributed by atoms with Crippen molar-refractivity contribution in [2.24, 2.45) is 11.8 Å². The van der Waals surface area contributed by atoms with E-state index in [4.69, 9.17) is 10.6 Å². The van der Waals surface area contributed by atoms with Gasteiger partial charge in [0.05, 0.1) is 5.69 Å². The van der Waals surface area contributed by atoms with Crippen molar-refractivity contribution >= 4 is 11.6 Å². The van der Waals surface area contributed by atoms with E-state index in [1.807, 2.05) is 0 Å². The Morgan fingerprint density at radius 3 is 3.00 bits per heavy atom. The molecule has 1 aliphatic rings. The van der Waals surface area contributed by atoms with Gasteiger partial charge in [0.25, 0.3) is 5.91 Å². The van der Waals surface area contributed by atoms with Crippen molar-refractivity contribution in [1.82, 2.24) is 10.3 Å². The highest BCUT2D eigenvalue weighted by Gasteiger charge is 2.15. The minimum Gasteiger partial charge on any atom is -0.381 e. The molecule has 4 N–H and O–H groups in total. The summed E-state index contributed by atoms with van der Waals surface area (Å²) in [5.74, 6) is 5.62. The van der Waals surface area contributed by atoms with Gasteiger partial charge in [0.15, 0.2) is 0 Å². The van der Waals surface area contributed by atoms with Gasteiger partial charge in [0, 0.05) is 26.0 Å². The lowest BCUT2D eigenvalue weighted by molar-refractivity contribution is 0.0642. The minimum absolute atomic E-state index is 0.168. The fourth-order valence-electron chi connectivity index (χ4n) is 1.92. The van der Waals surface area contributed by atoms with Gasteiger partial charge in [-0.1, -0.05) is 0 Å². The summed E-state index contributed by atoms with van der Waals surface area (Å²) in [6.45, 7) is 2.24. The Balaban J connectivity index is 1.86. The number of nitrogens with two attached hydrogens (primary N) is 1. The summed E-state index contributed by atoms with van der Waals surface area (Å²) in [5.41, 5.74) is 3.53. The summed E-state index contributed by atoms with van der Waals surface area (Å²) < 4.78 is 5.27. The molecular formula is C12H18N4O2. The summed E-state index contributed by atoms with van der Waals surface area (Å²) in [7, 11) is 0. The van der Waals surface area contributed by atoms with Gasteiger partial charge in [-0.05, 0) is 30.9 Å². The first-order valence-corrected chi connectivity index (χ1v) is 6.08. The van der Waals surface area contributed by atoms with Gasteiger partial charge < -0.3 is 15.5 Å². The first-order valence-electron chi connectivity index (χ1n) is 6.08. The largest absolute Gasteiger partial charge is 0.381 e. The maximum Gasteiger partial charge on any atom is 0.269 e. The number of carbonyl (C=O) groups excluding carboxylic acids is 1. The van der Waals surface area contributed by atoms with Crippen LogP contribution >= 0.6 is 0 Å². The number of hydrogen-bond acceptors (Lipinski definition) is 5. The van der Waals surface area contributed by atoms with Crippen molar-refractivity contribution in [3.8, 4) is 0 Å². The lowest BCUT2D eigenvalue weighted by atomic mass is 10.0. The number of hydrazine groups is 1. The number of hydrogen-bond donors (Lipinski definition) is 3. The van der Waals surface area contributed by atoms with E-state index >= 15 is 0 Å². The number of nitrogens with one attached hydrogen (secondary N) is 2. The van der Waals surface area contributed by atoms with Gasteiger partial charge >= 0.3 is 0 Å². The molecule has 0 atom stereocenters. The molecule has 0 bridgehead atoms. The number of pyridine rings is 1. The topological polar surface area (TPSA) is 89.3 Å². The molecule has 1 aromatic rings. The van der Waals surface area contributed by atoms with Crippen LogP contribution in [0.25, 0.3) is 0 Å². The van der Waals surface area contributed by atoms with Crippen LogP contribution in [-0.4, -0.2) is 30.6 Å². The standard InChI is InChI=1S/C12H18N4O2/c13-16-10-1-4-14-11(7-10)12(17)15-8-9-2-5-18-6-3-9/h1,4,7,9H,2-3,5-6,8,13H2,(H,14,16)(H,15,17). The van der Waals surface area contributed by atoms with Crippen LogP contribution in [0, 0.1) is 5.92 Å². The zero-order chi connectivity index (χ0) is 12.8. The Labute approximate surface area is 106 Å². The molecule has 0 saturated carbocycles. The third kappa shape index (κ3) is 3.41. The second kappa shape index (κ2) is 6.32. The number of carbonyl (C=O) groups is 1. The van der Waals surface area contributed by atoms with Crippen LogP contribution in [-0.2, 0) is 4.74 Å². The van der Waals surface area contributed by atoms with Gasteiger partial charge in [0.1, 0.15) is 5.69 Å². The number of nitrogens with zero attached hydrogens (tertiary/aromatic N) is 1. The van der Waals surface area contributed by atoms with Gasteiger partial charge in [0.2, 0.25) is 0 Å². The Hall–Kier alpha value is -1.66. The normalized spacial score (nSPS) is 16.3. The van der Waals surface area contributed by atoms with Gasteiger partial charge in [-0.15, -0.1) is 0 Å². The van der Waals surface area contributed by atoms with E-state index in [2.05, 4.69) is 15.7 Å². The summed E-state index contributed by atoms with van der Waals surface area (Å²) in [6.07, 6.45) is 3.55. The first kappa shape index (κ1) is 12.8. The molecule has 6 nitrogen and oxygen atoms in total. The van der Waals surface area contributed by atoms with Crippen molar-refractivity contribution in [2.75, 3.05) is 25.2 Å². The van der Waals surface area contributed by atoms with Gasteiger partial charge in [-0.2, -0.15) is 0 Å². The molecule has 2 rings (SSSR count). The highest BCUT2D eigenvalue weighted by Crippen LogP contribution is 2.13. The molecular weight excluding hydrogens is 232 g/mol. The monoisotopic (exact) mass is 250 g/mol. The maximum atomic E-state index is 11.9. The van der Waals surface area contributed by atoms with E-state index in [9.17, 15) is 4.79 Å². The predicted octanol–water partition coefficient (Wildman–Crippen LogP) is 0.524. The zero-order valence-corrected chi connectivity index (χ0v) is 10.2. The Morgan fingerprint density at radius 1 is 1.50 bits per heavy atom. The summed E-state index contributed by atoms with van der Waals surface area (Å²) in [6, 6.07) is 3.33. The average Bonchev–Trinajstić information content (AvgIpc) is 2.46. The zero-order valence-electron chi connectivity index (χ0n) is 10.2. The molecule has 0 aliphatic carbocycles. The number of anilines is 1. The molecule has 18 heavy (non-hydrogen) atoms. The highest BCUT2D eigenvalue weighted by atomic mass is 16.5. The molecule has 98 valence electrons. The molecule has 0 aromatic carbocycles. The second-order valence-electron chi connectivity index (χ2n) is 4.34. The molecule has 6 heteroatoms. The van der Waals surface area contributed by atoms with Crippen LogP contribution in [0.15, 0.2) is 18.3 Å². The van der Waals surface area contributed by atoms with Crippen LogP contribution in [0.5, 0.6) is 0 Å². The molecule has 0 spiro atoms. The van der Waals surface area contributed by atoms with Crippen LogP contribution in [0.2, 0.25) is 0 Å². The summed E-state index contributed by atoms with van der Waals surface area (Å²) in [5, 5.41) is 2.89. The molecule has 1 aliphatic heterocycles. The van der Waals surface area contributed by atoms with Crippen molar-refractivity contribution in [3.05, 3.63) is 24.0 Å². The lowest BCUT2D eigenvalue weighted by Crippen LogP contribution is -2.32. The maximum absolute atomic E-state index is 11.9. The van der Waals surface area contributed by atoms with Crippen LogP contribution in [0.4, 0.5) is 5.69 Å². The first-order chi connectivity index (χ1) is 8.79. The quantitative estimate of drug-likeness (QED) is 0.535. The molecule has 1 amide bonds. The minimum atomic E-state index is -0.168. The van der Waals surface area contributed by atoms with E-state index in [0.29, 0.717) is 23.8 Å². The fraction of sp³-hybridized carbons (Fsp3) is 0.500. The smallest absolute Gasteiger partial charge is 0.269 e. The Morgan fingerprint density at radius 2 is 2.28 bits per heavy atom. The van der Waals surface area contributed by atoms with Crippen LogP contribution < -0.4 is 16.6 Å². The summed E-state index contributed by atoms with van der Waals surface area (Å²) in [4.78, 5) is 15.9. The van der Waals surface area contributed by atoms with E-state index in [-0.39, 0.29) is 5.91 Å². The molecule has 0 radical (unpaired) electrons. The van der Waals surface area contributed by atoms with E-state index in [1.165, 1.54) is 0 Å². The molecule has 2 heterocycles. The van der Waals surface area contributed by atoms with Crippen LogP contribution in [0.1, 0.15) is 23.3 Å². The van der Waals surface area contributed by atoms with Crippen molar-refractivity contribution < 1.29 is 9.53 Å². The number of ether oxygens (including phenoxy) is 1. The van der Waals surface area contributed by atoms with Gasteiger partial charge in [-0.25, -0.2) is 0 Å². The van der Waals surface area contributed by atoms with Crippen molar-refractivity contribution in [2.45, 2.75) is 12.8 Å². The molecule has 1 aromatic heterocycles. The van der Waals surface area contributed by atoms with E-state index < -0.39 is 0 Å². The molecule has 1 saturated heterocycles.